The highest BCUT2D eigenvalue weighted by Crippen LogP contribution is 2.39. The molecule has 0 saturated heterocycles. The molecule has 0 amide bonds. The molecule has 0 aromatic heterocycles. The van der Waals surface area contributed by atoms with E-state index in [4.69, 9.17) is 4.74 Å². The van der Waals surface area contributed by atoms with E-state index in [-0.39, 0.29) is 21.2 Å². The van der Waals surface area contributed by atoms with Crippen LogP contribution in [0.2, 0.25) is 0 Å². The Morgan fingerprint density at radius 2 is 1.50 bits per heavy atom. The molecule has 0 saturated carbocycles. The zero-order chi connectivity index (χ0) is 16.7. The zero-order valence-corrected chi connectivity index (χ0v) is 13.3. The molecular formula is C19H12O4S. The fourth-order valence-electron chi connectivity index (χ4n) is 2.67. The predicted molar refractivity (Wildman–Crippen MR) is 90.5 cm³/mol. The molecule has 2 aromatic carbocycles. The Morgan fingerprint density at radius 3 is 2.08 bits per heavy atom. The Labute approximate surface area is 139 Å². The van der Waals surface area contributed by atoms with E-state index in [1.807, 2.05) is 30.3 Å². The van der Waals surface area contributed by atoms with E-state index in [9.17, 15) is 13.2 Å². The van der Waals surface area contributed by atoms with E-state index in [2.05, 4.69) is 0 Å². The van der Waals surface area contributed by atoms with Crippen molar-refractivity contribution in [3.63, 3.8) is 0 Å². The van der Waals surface area contributed by atoms with E-state index in [1.54, 1.807) is 24.3 Å². The van der Waals surface area contributed by atoms with Crippen LogP contribution < -0.4 is 4.74 Å². The Hall–Kier alpha value is -2.92. The van der Waals surface area contributed by atoms with Crippen molar-refractivity contribution in [3.05, 3.63) is 93.8 Å². The maximum Gasteiger partial charge on any atom is 0.207 e. The van der Waals surface area contributed by atoms with Gasteiger partial charge in [0.15, 0.2) is 5.78 Å². The van der Waals surface area contributed by atoms with Crippen molar-refractivity contribution in [3.8, 4) is 11.5 Å². The lowest BCUT2D eigenvalue weighted by atomic mass is 10.0. The average molecular weight is 336 g/mol. The average Bonchev–Trinajstić information content (AvgIpc) is 3.03. The number of para-hydroxylation sites is 1. The molecule has 0 N–H and O–H groups in total. The Morgan fingerprint density at radius 1 is 0.833 bits per heavy atom. The molecule has 2 aromatic rings. The van der Waals surface area contributed by atoms with Crippen molar-refractivity contribution in [2.24, 2.45) is 0 Å². The number of allylic oxidation sites excluding steroid dienone is 4. The normalized spacial score (nSPS) is 17.1. The number of hydrogen-bond donors (Lipinski definition) is 0. The number of carbonyl (C=O) groups excluding carboxylic acids is 1. The fourth-order valence-corrected chi connectivity index (χ4v) is 4.13. The van der Waals surface area contributed by atoms with Crippen molar-refractivity contribution in [1.29, 1.82) is 0 Å². The number of benzene rings is 2. The fraction of sp³-hybridized carbons (Fsp3) is 0. The molecule has 118 valence electrons. The summed E-state index contributed by atoms with van der Waals surface area (Å²) in [5.74, 6) is 1.00. The summed E-state index contributed by atoms with van der Waals surface area (Å²) in [5, 5.41) is 0. The molecular weight excluding hydrogens is 324 g/mol. The number of fused-ring (bicyclic) bond motifs is 2. The van der Waals surface area contributed by atoms with Crippen LogP contribution in [0, 0.1) is 0 Å². The van der Waals surface area contributed by atoms with E-state index in [1.165, 1.54) is 18.2 Å². The third kappa shape index (κ3) is 2.30. The van der Waals surface area contributed by atoms with Gasteiger partial charge in [0.05, 0.1) is 9.81 Å². The lowest BCUT2D eigenvalue weighted by Gasteiger charge is -2.07. The van der Waals surface area contributed by atoms with Gasteiger partial charge in [0, 0.05) is 11.1 Å². The van der Waals surface area contributed by atoms with Crippen LogP contribution in [0.1, 0.15) is 10.4 Å². The highest BCUT2D eigenvalue weighted by Gasteiger charge is 2.38. The molecule has 5 heteroatoms. The van der Waals surface area contributed by atoms with Crippen LogP contribution in [-0.2, 0) is 9.84 Å². The first-order valence-electron chi connectivity index (χ1n) is 7.32. The van der Waals surface area contributed by atoms with Crippen LogP contribution in [0.5, 0.6) is 11.5 Å². The third-order valence-corrected chi connectivity index (χ3v) is 5.70. The standard InChI is InChI=1S/C19H12O4S/c20-19(17-12-16-10-11-18(17)24(16,21)22)13-6-8-15(9-7-13)23-14-4-2-1-3-5-14/h1-12H. The van der Waals surface area contributed by atoms with E-state index < -0.39 is 9.84 Å². The second kappa shape index (κ2) is 5.32. The van der Waals surface area contributed by atoms with Crippen molar-refractivity contribution >= 4 is 15.6 Å². The first kappa shape index (κ1) is 14.7. The maximum absolute atomic E-state index is 12.6. The van der Waals surface area contributed by atoms with Crippen molar-refractivity contribution in [1.82, 2.24) is 0 Å². The minimum atomic E-state index is -3.46. The van der Waals surface area contributed by atoms with Gasteiger partial charge in [-0.1, -0.05) is 18.2 Å². The maximum atomic E-state index is 12.6. The minimum absolute atomic E-state index is 0.0899. The van der Waals surface area contributed by atoms with E-state index >= 15 is 0 Å². The molecule has 0 radical (unpaired) electrons. The number of ketones is 1. The quantitative estimate of drug-likeness (QED) is 0.797. The number of ether oxygens (including phenoxy) is 1. The second-order valence-corrected chi connectivity index (χ2v) is 7.35. The Bertz CT molecular complexity index is 1020. The van der Waals surface area contributed by atoms with Gasteiger partial charge in [-0.05, 0) is 54.6 Å². The number of hydrogen-bond acceptors (Lipinski definition) is 4. The molecule has 2 aliphatic heterocycles. The molecule has 4 nitrogen and oxygen atoms in total. The lowest BCUT2D eigenvalue weighted by molar-refractivity contribution is 0.103. The SMILES string of the molecule is O=C(C1=CC2=CC=C1S2(=O)=O)c1ccc(Oc2ccccc2)cc1. The molecule has 0 atom stereocenters. The summed E-state index contributed by atoms with van der Waals surface area (Å²) < 4.78 is 29.7. The van der Waals surface area contributed by atoms with Crippen molar-refractivity contribution in [2.45, 2.75) is 0 Å². The van der Waals surface area contributed by atoms with Crippen LogP contribution in [0.15, 0.2) is 88.2 Å². The molecule has 0 unspecified atom stereocenters. The molecule has 4 rings (SSSR count). The third-order valence-electron chi connectivity index (χ3n) is 3.89. The summed E-state index contributed by atoms with van der Waals surface area (Å²) in [6.45, 7) is 0. The van der Waals surface area contributed by atoms with Gasteiger partial charge >= 0.3 is 0 Å². The van der Waals surface area contributed by atoms with Gasteiger partial charge in [-0.3, -0.25) is 4.79 Å². The number of sulfone groups is 1. The predicted octanol–water partition coefficient (Wildman–Crippen LogP) is 3.80. The highest BCUT2D eigenvalue weighted by atomic mass is 32.2. The van der Waals surface area contributed by atoms with Gasteiger partial charge < -0.3 is 4.74 Å². The minimum Gasteiger partial charge on any atom is -0.457 e. The highest BCUT2D eigenvalue weighted by molar-refractivity contribution is 8.00. The summed E-state index contributed by atoms with van der Waals surface area (Å²) in [4.78, 5) is 12.8. The van der Waals surface area contributed by atoms with Crippen LogP contribution in [0.25, 0.3) is 0 Å². The molecule has 2 bridgehead atoms. The topological polar surface area (TPSA) is 60.4 Å². The first-order chi connectivity index (χ1) is 11.6. The molecule has 0 aliphatic carbocycles. The van der Waals surface area contributed by atoms with Gasteiger partial charge in [-0.15, -0.1) is 0 Å². The monoisotopic (exact) mass is 336 g/mol. The summed E-state index contributed by atoms with van der Waals surface area (Å²) in [5.41, 5.74) is 0.648. The smallest absolute Gasteiger partial charge is 0.207 e. The van der Waals surface area contributed by atoms with Crippen molar-refractivity contribution < 1.29 is 17.9 Å². The van der Waals surface area contributed by atoms with Crippen molar-refractivity contribution in [2.75, 3.05) is 0 Å². The second-order valence-electron chi connectivity index (χ2n) is 5.43. The van der Waals surface area contributed by atoms with E-state index in [0.29, 0.717) is 17.1 Å². The summed E-state index contributed by atoms with van der Waals surface area (Å²) >= 11 is 0. The first-order valence-corrected chi connectivity index (χ1v) is 8.81. The van der Waals surface area contributed by atoms with Gasteiger partial charge in [0.1, 0.15) is 11.5 Å². The zero-order valence-electron chi connectivity index (χ0n) is 12.5. The van der Waals surface area contributed by atoms with Crippen LogP contribution >= 0.6 is 0 Å². The molecule has 0 spiro atoms. The van der Waals surface area contributed by atoms with Gasteiger partial charge in [-0.25, -0.2) is 8.42 Å². The number of carbonyl (C=O) groups is 1. The molecule has 2 aliphatic rings. The Kier molecular flexibility index (Phi) is 3.25. The van der Waals surface area contributed by atoms with Crippen LogP contribution in [-0.4, -0.2) is 14.2 Å². The number of rotatable bonds is 4. The molecule has 2 heterocycles. The Balaban J connectivity index is 1.56. The van der Waals surface area contributed by atoms with Crippen LogP contribution in [0.4, 0.5) is 0 Å². The van der Waals surface area contributed by atoms with Crippen LogP contribution in [0.3, 0.4) is 0 Å². The molecule has 24 heavy (non-hydrogen) atoms. The molecule has 0 fully saturated rings. The van der Waals surface area contributed by atoms with Gasteiger partial charge in [0.2, 0.25) is 9.84 Å². The van der Waals surface area contributed by atoms with E-state index in [0.717, 1.165) is 0 Å². The number of Topliss-reactive ketones (excluding diaryl/α,β-unsaturated/α-hetero) is 1. The lowest BCUT2D eigenvalue weighted by Crippen LogP contribution is -2.06. The largest absolute Gasteiger partial charge is 0.457 e. The van der Waals surface area contributed by atoms with Gasteiger partial charge in [-0.2, -0.15) is 0 Å². The summed E-state index contributed by atoms with van der Waals surface area (Å²) in [6, 6.07) is 16.0. The van der Waals surface area contributed by atoms with Gasteiger partial charge in [0.25, 0.3) is 0 Å². The summed E-state index contributed by atoms with van der Waals surface area (Å²) in [6.07, 6.45) is 4.42. The summed E-state index contributed by atoms with van der Waals surface area (Å²) in [7, 11) is -3.46.